The molecular formula is C14H27NO2. The Kier molecular flexibility index (Phi) is 4.83. The molecule has 100 valence electrons. The number of hydrogen-bond donors (Lipinski definition) is 1. The van der Waals surface area contributed by atoms with Gasteiger partial charge in [-0.3, -0.25) is 0 Å². The zero-order chi connectivity index (χ0) is 12.1. The summed E-state index contributed by atoms with van der Waals surface area (Å²) >= 11 is 0. The van der Waals surface area contributed by atoms with Gasteiger partial charge in [0.15, 0.2) is 0 Å². The minimum absolute atomic E-state index is 0.371. The molecule has 0 aromatic carbocycles. The molecule has 1 N–H and O–H groups in total. The van der Waals surface area contributed by atoms with Crippen molar-refractivity contribution in [2.75, 3.05) is 26.4 Å². The average molecular weight is 241 g/mol. The Morgan fingerprint density at radius 1 is 1.35 bits per heavy atom. The van der Waals surface area contributed by atoms with Gasteiger partial charge in [-0.1, -0.05) is 13.8 Å². The Bertz CT molecular complexity index is 218. The van der Waals surface area contributed by atoms with Crippen molar-refractivity contribution in [3.63, 3.8) is 0 Å². The smallest absolute Gasteiger partial charge is 0.0576 e. The first-order valence-corrected chi connectivity index (χ1v) is 7.13. The predicted molar refractivity (Wildman–Crippen MR) is 69.2 cm³/mol. The first-order chi connectivity index (χ1) is 8.20. The van der Waals surface area contributed by atoms with Crippen molar-refractivity contribution in [1.82, 2.24) is 5.32 Å². The lowest BCUT2D eigenvalue weighted by molar-refractivity contribution is 0.0801. The number of nitrogens with one attached hydrogen (secondary N) is 1. The molecule has 0 aromatic heterocycles. The van der Waals surface area contributed by atoms with Gasteiger partial charge in [-0.2, -0.15) is 0 Å². The van der Waals surface area contributed by atoms with E-state index in [0.717, 1.165) is 26.4 Å². The fourth-order valence-electron chi connectivity index (χ4n) is 2.83. The van der Waals surface area contributed by atoms with Crippen LogP contribution in [0, 0.1) is 5.41 Å². The summed E-state index contributed by atoms with van der Waals surface area (Å²) in [4.78, 5) is 0. The van der Waals surface area contributed by atoms with E-state index in [9.17, 15) is 0 Å². The molecular weight excluding hydrogens is 214 g/mol. The van der Waals surface area contributed by atoms with Crippen molar-refractivity contribution < 1.29 is 9.47 Å². The predicted octanol–water partition coefficient (Wildman–Crippen LogP) is 2.35. The summed E-state index contributed by atoms with van der Waals surface area (Å²) in [5.41, 5.74) is 0.371. The van der Waals surface area contributed by atoms with Crippen LogP contribution in [0.4, 0.5) is 0 Å². The Morgan fingerprint density at radius 2 is 2.24 bits per heavy atom. The molecule has 17 heavy (non-hydrogen) atoms. The second-order valence-electron chi connectivity index (χ2n) is 6.01. The Labute approximate surface area is 105 Å². The molecule has 0 saturated carbocycles. The highest BCUT2D eigenvalue weighted by Crippen LogP contribution is 2.35. The Morgan fingerprint density at radius 3 is 2.82 bits per heavy atom. The molecule has 2 saturated heterocycles. The first kappa shape index (κ1) is 13.3. The van der Waals surface area contributed by atoms with Crippen LogP contribution in [-0.2, 0) is 9.47 Å². The van der Waals surface area contributed by atoms with Gasteiger partial charge in [0.2, 0.25) is 0 Å². The summed E-state index contributed by atoms with van der Waals surface area (Å²) in [5, 5.41) is 3.58. The van der Waals surface area contributed by atoms with Crippen LogP contribution in [0.5, 0.6) is 0 Å². The van der Waals surface area contributed by atoms with Gasteiger partial charge < -0.3 is 14.8 Å². The van der Waals surface area contributed by atoms with E-state index in [0.29, 0.717) is 17.6 Å². The zero-order valence-electron chi connectivity index (χ0n) is 11.3. The van der Waals surface area contributed by atoms with Crippen LogP contribution in [0.25, 0.3) is 0 Å². The summed E-state index contributed by atoms with van der Waals surface area (Å²) in [6, 6.07) is 0.565. The van der Waals surface area contributed by atoms with Crippen molar-refractivity contribution in [2.24, 2.45) is 5.41 Å². The van der Waals surface area contributed by atoms with Gasteiger partial charge in [0.25, 0.3) is 0 Å². The lowest BCUT2D eigenvalue weighted by Gasteiger charge is -2.30. The summed E-state index contributed by atoms with van der Waals surface area (Å²) in [7, 11) is 0. The largest absolute Gasteiger partial charge is 0.381 e. The molecule has 2 aliphatic heterocycles. The van der Waals surface area contributed by atoms with Gasteiger partial charge >= 0.3 is 0 Å². The van der Waals surface area contributed by atoms with Crippen molar-refractivity contribution in [3.8, 4) is 0 Å². The normalized spacial score (nSPS) is 33.7. The molecule has 2 atom stereocenters. The third kappa shape index (κ3) is 3.94. The molecule has 0 radical (unpaired) electrons. The van der Waals surface area contributed by atoms with Crippen molar-refractivity contribution in [3.05, 3.63) is 0 Å². The van der Waals surface area contributed by atoms with Gasteiger partial charge in [0, 0.05) is 31.2 Å². The highest BCUT2D eigenvalue weighted by molar-refractivity contribution is 4.87. The van der Waals surface area contributed by atoms with Crippen LogP contribution in [0.2, 0.25) is 0 Å². The van der Waals surface area contributed by atoms with E-state index in [1.54, 1.807) is 0 Å². The van der Waals surface area contributed by atoms with E-state index < -0.39 is 0 Å². The Balaban J connectivity index is 1.78. The van der Waals surface area contributed by atoms with Gasteiger partial charge in [-0.25, -0.2) is 0 Å². The third-order valence-electron chi connectivity index (χ3n) is 4.09. The molecule has 0 aliphatic carbocycles. The molecule has 0 aromatic rings. The molecule has 3 heteroatoms. The highest BCUT2D eigenvalue weighted by atomic mass is 16.5. The fraction of sp³-hybridized carbons (Fsp3) is 1.00. The summed E-state index contributed by atoms with van der Waals surface area (Å²) in [5.74, 6) is 0. The van der Waals surface area contributed by atoms with Gasteiger partial charge in [-0.05, 0) is 32.1 Å². The molecule has 2 aliphatic rings. The van der Waals surface area contributed by atoms with Crippen LogP contribution in [0.15, 0.2) is 0 Å². The van der Waals surface area contributed by atoms with Gasteiger partial charge in [0.1, 0.15) is 0 Å². The monoisotopic (exact) mass is 241 g/mol. The molecule has 0 bridgehead atoms. The van der Waals surface area contributed by atoms with Crippen molar-refractivity contribution in [2.45, 2.75) is 58.1 Å². The quantitative estimate of drug-likeness (QED) is 0.774. The number of rotatable bonds is 6. The number of hydrogen-bond acceptors (Lipinski definition) is 3. The molecule has 2 fully saturated rings. The SMILES string of the molecule is CC(C)NCC1(CCC2CCCO2)CCOC1. The third-order valence-corrected chi connectivity index (χ3v) is 4.09. The molecule has 2 unspecified atom stereocenters. The lowest BCUT2D eigenvalue weighted by Crippen LogP contribution is -2.38. The number of ether oxygens (including phenoxy) is 2. The van der Waals surface area contributed by atoms with Gasteiger partial charge in [0.05, 0.1) is 12.7 Å². The van der Waals surface area contributed by atoms with Crippen LogP contribution in [0.1, 0.15) is 46.0 Å². The van der Waals surface area contributed by atoms with Crippen LogP contribution in [0.3, 0.4) is 0 Å². The second-order valence-corrected chi connectivity index (χ2v) is 6.01. The maximum Gasteiger partial charge on any atom is 0.0576 e. The van der Waals surface area contributed by atoms with E-state index >= 15 is 0 Å². The maximum absolute atomic E-state index is 5.72. The van der Waals surface area contributed by atoms with E-state index in [1.165, 1.54) is 32.1 Å². The Hall–Kier alpha value is -0.120. The lowest BCUT2D eigenvalue weighted by atomic mass is 9.81. The second kappa shape index (κ2) is 6.17. The van der Waals surface area contributed by atoms with Crippen LogP contribution < -0.4 is 5.32 Å². The van der Waals surface area contributed by atoms with E-state index in [-0.39, 0.29) is 0 Å². The van der Waals surface area contributed by atoms with Crippen molar-refractivity contribution >= 4 is 0 Å². The highest BCUT2D eigenvalue weighted by Gasteiger charge is 2.35. The van der Waals surface area contributed by atoms with E-state index in [1.807, 2.05) is 0 Å². The molecule has 0 spiro atoms. The van der Waals surface area contributed by atoms with Gasteiger partial charge in [-0.15, -0.1) is 0 Å². The topological polar surface area (TPSA) is 30.5 Å². The molecule has 2 rings (SSSR count). The first-order valence-electron chi connectivity index (χ1n) is 7.13. The zero-order valence-corrected chi connectivity index (χ0v) is 11.3. The summed E-state index contributed by atoms with van der Waals surface area (Å²) in [6.45, 7) is 8.35. The standard InChI is InChI=1S/C14H27NO2/c1-12(2)15-10-14(7-9-16-11-14)6-5-13-4-3-8-17-13/h12-13,15H,3-11H2,1-2H3. The summed E-state index contributed by atoms with van der Waals surface area (Å²) in [6.07, 6.45) is 6.69. The minimum Gasteiger partial charge on any atom is -0.381 e. The maximum atomic E-state index is 5.72. The average Bonchev–Trinajstić information content (AvgIpc) is 2.96. The van der Waals surface area contributed by atoms with Crippen molar-refractivity contribution in [1.29, 1.82) is 0 Å². The molecule has 3 nitrogen and oxygen atoms in total. The molecule has 2 heterocycles. The minimum atomic E-state index is 0.371. The van der Waals surface area contributed by atoms with Crippen LogP contribution in [-0.4, -0.2) is 38.5 Å². The van der Waals surface area contributed by atoms with E-state index in [4.69, 9.17) is 9.47 Å². The molecule has 0 amide bonds. The fourth-order valence-corrected chi connectivity index (χ4v) is 2.83. The van der Waals surface area contributed by atoms with E-state index in [2.05, 4.69) is 19.2 Å². The summed E-state index contributed by atoms with van der Waals surface area (Å²) < 4.78 is 11.3. The van der Waals surface area contributed by atoms with Crippen LogP contribution >= 0.6 is 0 Å².